The summed E-state index contributed by atoms with van der Waals surface area (Å²) in [6.45, 7) is 8.58. The highest BCUT2D eigenvalue weighted by Crippen LogP contribution is 2.23. The normalized spacial score (nSPS) is 10.6. The van der Waals surface area contributed by atoms with Crippen molar-refractivity contribution in [1.82, 2.24) is 4.90 Å². The average Bonchev–Trinajstić information content (AvgIpc) is 2.43. The Labute approximate surface area is 124 Å². The summed E-state index contributed by atoms with van der Waals surface area (Å²) in [6, 6.07) is 7.02. The maximum absolute atomic E-state index is 12.0. The molecule has 1 aromatic carbocycles. The highest BCUT2D eigenvalue weighted by Gasteiger charge is 2.14. The van der Waals surface area contributed by atoms with Gasteiger partial charge >= 0.3 is 5.97 Å². The lowest BCUT2D eigenvalue weighted by molar-refractivity contribution is -0.109. The van der Waals surface area contributed by atoms with Crippen LogP contribution in [0.5, 0.6) is 0 Å². The minimum Gasteiger partial charge on any atom is -0.461 e. The number of rotatable bonds is 7. The molecule has 0 aliphatic heterocycles. The first kappa shape index (κ1) is 16.7. The molecule has 0 bridgehead atoms. The standard InChI is InChI=1S/C15H21NO3S/c1-4-16(5-2)10-11-19-15(18)13-8-6-7-9-14(13)20-12(3)17/h6-9H,4-5,10-11H2,1-3H3. The first-order valence-electron chi connectivity index (χ1n) is 6.75. The molecule has 0 aliphatic carbocycles. The number of thioether (sulfide) groups is 1. The second kappa shape index (κ2) is 8.76. The van der Waals surface area contributed by atoms with Crippen LogP contribution in [0, 0.1) is 0 Å². The Morgan fingerprint density at radius 3 is 2.45 bits per heavy atom. The molecular formula is C15H21NO3S. The van der Waals surface area contributed by atoms with Crippen LogP contribution in [0.25, 0.3) is 0 Å². The second-order valence-electron chi connectivity index (χ2n) is 4.25. The van der Waals surface area contributed by atoms with Crippen molar-refractivity contribution in [2.45, 2.75) is 25.7 Å². The number of ether oxygens (including phenoxy) is 1. The highest BCUT2D eigenvalue weighted by atomic mass is 32.2. The molecule has 0 N–H and O–H groups in total. The minimum atomic E-state index is -0.374. The Balaban J connectivity index is 2.61. The van der Waals surface area contributed by atoms with Gasteiger partial charge in [0.15, 0.2) is 5.12 Å². The molecule has 0 saturated carbocycles. The number of hydrogen-bond donors (Lipinski definition) is 0. The molecule has 0 atom stereocenters. The summed E-state index contributed by atoms with van der Waals surface area (Å²) in [4.78, 5) is 26.0. The number of hydrogen-bond acceptors (Lipinski definition) is 5. The lowest BCUT2D eigenvalue weighted by Crippen LogP contribution is -2.28. The van der Waals surface area contributed by atoms with Crippen LogP contribution in [-0.2, 0) is 9.53 Å². The predicted octanol–water partition coefficient (Wildman–Crippen LogP) is 2.82. The molecule has 0 fully saturated rings. The van der Waals surface area contributed by atoms with Crippen molar-refractivity contribution in [3.63, 3.8) is 0 Å². The molecule has 4 nitrogen and oxygen atoms in total. The number of likely N-dealkylation sites (N-methyl/N-ethyl adjacent to an activating group) is 1. The van der Waals surface area contributed by atoms with Gasteiger partial charge in [-0.15, -0.1) is 0 Å². The Morgan fingerprint density at radius 1 is 1.20 bits per heavy atom. The van der Waals surface area contributed by atoms with Crippen LogP contribution in [0.1, 0.15) is 31.1 Å². The number of carbonyl (C=O) groups excluding carboxylic acids is 2. The summed E-state index contributed by atoms with van der Waals surface area (Å²) in [5.41, 5.74) is 0.451. The predicted molar refractivity (Wildman–Crippen MR) is 81.1 cm³/mol. The van der Waals surface area contributed by atoms with Gasteiger partial charge in [-0.3, -0.25) is 4.79 Å². The van der Waals surface area contributed by atoms with Gasteiger partial charge in [-0.1, -0.05) is 37.7 Å². The van der Waals surface area contributed by atoms with Crippen LogP contribution < -0.4 is 0 Å². The summed E-state index contributed by atoms with van der Waals surface area (Å²) in [6.07, 6.45) is 0. The Bertz CT molecular complexity index is 458. The molecular weight excluding hydrogens is 274 g/mol. The molecule has 1 aromatic rings. The zero-order valence-corrected chi connectivity index (χ0v) is 13.0. The smallest absolute Gasteiger partial charge is 0.339 e. The van der Waals surface area contributed by atoms with Crippen LogP contribution in [0.15, 0.2) is 29.2 Å². The lowest BCUT2D eigenvalue weighted by atomic mass is 10.2. The van der Waals surface area contributed by atoms with Crippen molar-refractivity contribution in [1.29, 1.82) is 0 Å². The van der Waals surface area contributed by atoms with Gasteiger partial charge in [0.05, 0.1) is 5.56 Å². The van der Waals surface area contributed by atoms with E-state index in [2.05, 4.69) is 18.7 Å². The van der Waals surface area contributed by atoms with Crippen molar-refractivity contribution in [2.24, 2.45) is 0 Å². The largest absolute Gasteiger partial charge is 0.461 e. The van der Waals surface area contributed by atoms with Crippen LogP contribution in [0.4, 0.5) is 0 Å². The van der Waals surface area contributed by atoms with Gasteiger partial charge in [-0.25, -0.2) is 4.79 Å². The summed E-state index contributed by atoms with van der Waals surface area (Å²) < 4.78 is 5.28. The Kier molecular flexibility index (Phi) is 7.33. The van der Waals surface area contributed by atoms with Crippen molar-refractivity contribution >= 4 is 22.8 Å². The van der Waals surface area contributed by atoms with Crippen molar-refractivity contribution in [2.75, 3.05) is 26.2 Å². The van der Waals surface area contributed by atoms with E-state index in [9.17, 15) is 9.59 Å². The van der Waals surface area contributed by atoms with Crippen LogP contribution in [-0.4, -0.2) is 42.2 Å². The number of esters is 1. The third-order valence-electron chi connectivity index (χ3n) is 2.90. The average molecular weight is 295 g/mol. The molecule has 5 heteroatoms. The van der Waals surface area contributed by atoms with E-state index in [0.29, 0.717) is 17.1 Å². The lowest BCUT2D eigenvalue weighted by Gasteiger charge is -2.17. The molecule has 0 heterocycles. The van der Waals surface area contributed by atoms with Crippen LogP contribution >= 0.6 is 11.8 Å². The van der Waals surface area contributed by atoms with Crippen LogP contribution in [0.3, 0.4) is 0 Å². The van der Waals surface area contributed by atoms with Gasteiger partial charge < -0.3 is 9.64 Å². The molecule has 0 aromatic heterocycles. The summed E-state index contributed by atoms with van der Waals surface area (Å²) in [5.74, 6) is -0.374. The highest BCUT2D eigenvalue weighted by molar-refractivity contribution is 8.13. The fourth-order valence-corrected chi connectivity index (χ4v) is 2.48. The Hall–Kier alpha value is -1.33. The van der Waals surface area contributed by atoms with Gasteiger partial charge in [0.2, 0.25) is 0 Å². The minimum absolute atomic E-state index is 0.0478. The number of carbonyl (C=O) groups is 2. The van der Waals surface area contributed by atoms with E-state index in [1.165, 1.54) is 6.92 Å². The third-order valence-corrected chi connectivity index (χ3v) is 3.76. The van der Waals surface area contributed by atoms with E-state index in [4.69, 9.17) is 4.74 Å². The topological polar surface area (TPSA) is 46.6 Å². The zero-order valence-electron chi connectivity index (χ0n) is 12.2. The Morgan fingerprint density at radius 2 is 1.85 bits per heavy atom. The van der Waals surface area contributed by atoms with Crippen LogP contribution in [0.2, 0.25) is 0 Å². The number of nitrogens with zero attached hydrogens (tertiary/aromatic N) is 1. The molecule has 20 heavy (non-hydrogen) atoms. The van der Waals surface area contributed by atoms with Crippen molar-refractivity contribution < 1.29 is 14.3 Å². The second-order valence-corrected chi connectivity index (χ2v) is 5.47. The van der Waals surface area contributed by atoms with E-state index in [1.807, 2.05) is 0 Å². The molecule has 0 aliphatic rings. The van der Waals surface area contributed by atoms with Crippen molar-refractivity contribution in [3.8, 4) is 0 Å². The van der Waals surface area contributed by atoms with Gasteiger partial charge in [-0.05, 0) is 25.2 Å². The van der Waals surface area contributed by atoms with E-state index in [1.54, 1.807) is 24.3 Å². The van der Waals surface area contributed by atoms with Gasteiger partial charge in [-0.2, -0.15) is 0 Å². The molecule has 0 spiro atoms. The maximum atomic E-state index is 12.0. The van der Waals surface area contributed by atoms with Gasteiger partial charge in [0, 0.05) is 18.4 Å². The molecule has 0 unspecified atom stereocenters. The molecule has 110 valence electrons. The summed E-state index contributed by atoms with van der Waals surface area (Å²) in [7, 11) is 0. The third kappa shape index (κ3) is 5.35. The number of benzene rings is 1. The summed E-state index contributed by atoms with van der Waals surface area (Å²) in [5, 5.41) is -0.0478. The fraction of sp³-hybridized carbons (Fsp3) is 0.467. The molecule has 0 amide bonds. The molecule has 0 radical (unpaired) electrons. The SMILES string of the molecule is CCN(CC)CCOC(=O)c1ccccc1SC(C)=O. The molecule has 1 rings (SSSR count). The first-order valence-corrected chi connectivity index (χ1v) is 7.57. The fourth-order valence-electron chi connectivity index (χ4n) is 1.76. The van der Waals surface area contributed by atoms with E-state index in [0.717, 1.165) is 31.4 Å². The summed E-state index contributed by atoms with van der Waals surface area (Å²) >= 11 is 1.05. The van der Waals surface area contributed by atoms with E-state index in [-0.39, 0.29) is 11.1 Å². The quantitative estimate of drug-likeness (QED) is 0.572. The van der Waals surface area contributed by atoms with Gasteiger partial charge in [0.25, 0.3) is 0 Å². The maximum Gasteiger partial charge on any atom is 0.339 e. The van der Waals surface area contributed by atoms with E-state index >= 15 is 0 Å². The van der Waals surface area contributed by atoms with Gasteiger partial charge in [0.1, 0.15) is 6.61 Å². The zero-order chi connectivity index (χ0) is 15.0. The first-order chi connectivity index (χ1) is 9.58. The van der Waals surface area contributed by atoms with E-state index < -0.39 is 0 Å². The molecule has 0 saturated heterocycles. The van der Waals surface area contributed by atoms with Crippen molar-refractivity contribution in [3.05, 3.63) is 29.8 Å². The monoisotopic (exact) mass is 295 g/mol.